The van der Waals surface area contributed by atoms with Crippen molar-refractivity contribution >= 4 is 31.8 Å². The van der Waals surface area contributed by atoms with Crippen molar-refractivity contribution < 1.29 is 32.7 Å². The van der Waals surface area contributed by atoms with Gasteiger partial charge in [0.1, 0.15) is 41.7 Å². The van der Waals surface area contributed by atoms with Crippen LogP contribution in [0.4, 0.5) is 5.82 Å². The molecule has 332 valence electrons. The molecule has 1 fully saturated rings. The fourth-order valence-corrected chi connectivity index (χ4v) is 9.35. The normalized spacial score (nSPS) is 18.3. The Balaban J connectivity index is 1.52. The summed E-state index contributed by atoms with van der Waals surface area (Å²) in [6.45, 7) is 8.53. The molecule has 0 radical (unpaired) electrons. The first-order valence-corrected chi connectivity index (χ1v) is 21.9. The lowest BCUT2D eigenvalue weighted by atomic mass is 9.80. The molecule has 5 atom stereocenters. The zero-order chi connectivity index (χ0) is 44.9. The molecule has 1 aliphatic rings. The van der Waals surface area contributed by atoms with Crippen LogP contribution in [0.1, 0.15) is 63.5 Å². The Morgan fingerprint density at radius 1 is 0.825 bits per heavy atom. The topological polar surface area (TPSA) is 175 Å². The monoisotopic (exact) mass is 877 g/mol. The number of aromatic nitrogens is 4. The summed E-state index contributed by atoms with van der Waals surface area (Å²) in [6, 6.07) is 30.0. The van der Waals surface area contributed by atoms with Gasteiger partial charge < -0.3 is 37.6 Å². The molecule has 3 aromatic carbocycles. The van der Waals surface area contributed by atoms with Crippen LogP contribution in [0.15, 0.2) is 96.5 Å². The number of hydrogen-bond acceptors (Lipinski definition) is 14. The van der Waals surface area contributed by atoms with Crippen LogP contribution in [-0.4, -0.2) is 114 Å². The number of hydrogen-bond donors (Lipinski definition) is 0. The number of methoxy groups -OCH3 is 2. The summed E-state index contributed by atoms with van der Waals surface area (Å²) in [5.41, 5.74) is 2.28. The molecule has 1 aliphatic heterocycles. The zero-order valence-electron chi connectivity index (χ0n) is 37.1. The first kappa shape index (κ1) is 46.9. The van der Waals surface area contributed by atoms with Crippen LogP contribution in [0.3, 0.4) is 0 Å². The van der Waals surface area contributed by atoms with Crippen molar-refractivity contribution in [3.63, 3.8) is 0 Å². The molecular weight excluding hydrogens is 822 g/mol. The molecule has 0 bridgehead atoms. The lowest BCUT2D eigenvalue weighted by molar-refractivity contribution is -0.0952. The Kier molecular flexibility index (Phi) is 16.5. The Morgan fingerprint density at radius 2 is 1.43 bits per heavy atom. The van der Waals surface area contributed by atoms with E-state index in [-0.39, 0.29) is 44.7 Å². The van der Waals surface area contributed by atoms with Gasteiger partial charge in [-0.15, -0.1) is 0 Å². The second-order valence-electron chi connectivity index (χ2n) is 15.5. The van der Waals surface area contributed by atoms with Gasteiger partial charge in [-0.05, 0) is 68.7 Å². The highest BCUT2D eigenvalue weighted by molar-refractivity contribution is 7.44. The first-order chi connectivity index (χ1) is 30.6. The summed E-state index contributed by atoms with van der Waals surface area (Å²) in [7, 11) is 5.20. The summed E-state index contributed by atoms with van der Waals surface area (Å²) in [6.07, 6.45) is 1.65. The van der Waals surface area contributed by atoms with Gasteiger partial charge in [-0.2, -0.15) is 10.5 Å². The summed E-state index contributed by atoms with van der Waals surface area (Å²) < 4.78 is 49.9. The van der Waals surface area contributed by atoms with E-state index in [1.807, 2.05) is 93.0 Å². The summed E-state index contributed by atoms with van der Waals surface area (Å²) in [5, 5.41) is 19.2. The number of benzene rings is 3. The van der Waals surface area contributed by atoms with E-state index in [0.717, 1.165) is 16.7 Å². The maximum absolute atomic E-state index is 9.67. The lowest BCUT2D eigenvalue weighted by Crippen LogP contribution is -2.43. The third-order valence-corrected chi connectivity index (χ3v) is 12.5. The highest BCUT2D eigenvalue weighted by Crippen LogP contribution is 2.51. The van der Waals surface area contributed by atoms with E-state index >= 15 is 0 Å². The maximum atomic E-state index is 9.67. The standard InChI is InChI=1S/C46H56N9O7P/c1-32(2)55(33(3)4)63(60-27-13-25-48)62-41-39(61-45(42(41)58-26-12-24-47)54-31-51-40-43(52-30-53(5)6)49-29-50-44(40)54)28-59-46(34-14-10-9-11-15-34,35-16-20-37(56-7)21-17-35)36-18-22-38(57-8)23-19-36/h9-11,14-23,29-33,39,41-42,45H,12-13,26-28H2,1-8H3/b52-30+/t39-,41?,42+,45-,63?/m1/s1. The van der Waals surface area contributed by atoms with Crippen molar-refractivity contribution in [3.05, 3.63) is 108 Å². The summed E-state index contributed by atoms with van der Waals surface area (Å²) in [4.78, 5) is 20.1. The van der Waals surface area contributed by atoms with Crippen molar-refractivity contribution in [1.82, 2.24) is 29.1 Å². The molecule has 0 amide bonds. The molecule has 0 saturated carbocycles. The fraction of sp³-hybridized carbons (Fsp3) is 0.435. The zero-order valence-corrected chi connectivity index (χ0v) is 38.0. The number of nitrogens with zero attached hydrogens (tertiary/aromatic N) is 9. The highest BCUT2D eigenvalue weighted by atomic mass is 31.2. The van der Waals surface area contributed by atoms with E-state index in [1.54, 1.807) is 36.4 Å². The minimum atomic E-state index is -1.81. The third kappa shape index (κ3) is 10.8. The molecule has 5 aromatic rings. The number of aliphatic imine (C=N–C) groups is 1. The second kappa shape index (κ2) is 22.2. The van der Waals surface area contributed by atoms with E-state index in [1.165, 1.54) is 6.33 Å². The van der Waals surface area contributed by atoms with Crippen LogP contribution < -0.4 is 9.47 Å². The number of fused-ring (bicyclic) bond motifs is 1. The molecule has 0 N–H and O–H groups in total. The van der Waals surface area contributed by atoms with E-state index in [4.69, 9.17) is 37.7 Å². The van der Waals surface area contributed by atoms with Gasteiger partial charge in [0.15, 0.2) is 23.2 Å². The van der Waals surface area contributed by atoms with Gasteiger partial charge in [0.05, 0.1) is 71.7 Å². The molecule has 17 heteroatoms. The Morgan fingerprint density at radius 3 is 2.00 bits per heavy atom. The van der Waals surface area contributed by atoms with Crippen molar-refractivity contribution in [2.45, 2.75) is 82.8 Å². The van der Waals surface area contributed by atoms with E-state index in [0.29, 0.717) is 28.5 Å². The molecule has 63 heavy (non-hydrogen) atoms. The average Bonchev–Trinajstić information content (AvgIpc) is 3.87. The van der Waals surface area contributed by atoms with Gasteiger partial charge in [-0.1, -0.05) is 54.6 Å². The fourth-order valence-electron chi connectivity index (χ4n) is 7.58. The SMILES string of the molecule is COc1ccc(C(OC[C@H]2O[C@@H](n3cnc4c(/N=C/N(C)C)ncnc43)[C@@H](OCCC#N)C2OP(OCCC#N)N(C(C)C)C(C)C)(c2ccccc2)c2ccc(OC)cc2)cc1. The molecule has 0 spiro atoms. The Hall–Kier alpha value is -5.55. The molecule has 3 heterocycles. The van der Waals surface area contributed by atoms with Gasteiger partial charge in [0.25, 0.3) is 8.53 Å². The molecular formula is C46H56N9O7P. The van der Waals surface area contributed by atoms with Gasteiger partial charge in [-0.3, -0.25) is 4.57 Å². The van der Waals surface area contributed by atoms with Gasteiger partial charge in [0, 0.05) is 26.2 Å². The highest BCUT2D eigenvalue weighted by Gasteiger charge is 2.51. The predicted molar refractivity (Wildman–Crippen MR) is 239 cm³/mol. The molecule has 2 aromatic heterocycles. The van der Waals surface area contributed by atoms with Crippen molar-refractivity contribution in [1.29, 1.82) is 10.5 Å². The predicted octanol–water partition coefficient (Wildman–Crippen LogP) is 7.93. The van der Waals surface area contributed by atoms with E-state index in [9.17, 15) is 10.5 Å². The minimum Gasteiger partial charge on any atom is -0.497 e. The second-order valence-corrected chi connectivity index (χ2v) is 16.9. The third-order valence-electron chi connectivity index (χ3n) is 10.3. The van der Waals surface area contributed by atoms with Crippen LogP contribution in [0.2, 0.25) is 0 Å². The largest absolute Gasteiger partial charge is 0.497 e. The number of nitriles is 2. The quantitative estimate of drug-likeness (QED) is 0.0215. The van der Waals surface area contributed by atoms with Gasteiger partial charge >= 0.3 is 0 Å². The minimum absolute atomic E-state index is 0.00952. The van der Waals surface area contributed by atoms with Crippen molar-refractivity contribution in [3.8, 4) is 23.6 Å². The van der Waals surface area contributed by atoms with Crippen LogP contribution >= 0.6 is 8.53 Å². The first-order valence-electron chi connectivity index (χ1n) is 20.8. The van der Waals surface area contributed by atoms with E-state index < -0.39 is 38.7 Å². The smallest absolute Gasteiger partial charge is 0.259 e. The molecule has 2 unspecified atom stereocenters. The van der Waals surface area contributed by atoms with Gasteiger partial charge in [0.2, 0.25) is 0 Å². The van der Waals surface area contributed by atoms with Crippen molar-refractivity contribution in [2.75, 3.05) is 48.1 Å². The Labute approximate surface area is 370 Å². The molecule has 6 rings (SSSR count). The Bertz CT molecular complexity index is 2260. The molecule has 1 saturated heterocycles. The van der Waals surface area contributed by atoms with Crippen LogP contribution in [0.5, 0.6) is 11.5 Å². The van der Waals surface area contributed by atoms with Crippen LogP contribution in [-0.2, 0) is 28.9 Å². The average molecular weight is 878 g/mol. The van der Waals surface area contributed by atoms with E-state index in [2.05, 4.69) is 59.5 Å². The molecule has 0 aliphatic carbocycles. The van der Waals surface area contributed by atoms with Crippen LogP contribution in [0.25, 0.3) is 11.2 Å². The number of rotatable bonds is 22. The summed E-state index contributed by atoms with van der Waals surface area (Å²) in [5.74, 6) is 1.77. The van der Waals surface area contributed by atoms with Crippen molar-refractivity contribution in [2.24, 2.45) is 4.99 Å². The number of ether oxygens (including phenoxy) is 5. The molecule has 16 nitrogen and oxygen atoms in total. The summed E-state index contributed by atoms with van der Waals surface area (Å²) >= 11 is 0. The lowest BCUT2D eigenvalue weighted by Gasteiger charge is -2.39. The van der Waals surface area contributed by atoms with Gasteiger partial charge in [-0.25, -0.2) is 24.6 Å². The maximum Gasteiger partial charge on any atom is 0.259 e. The number of imidazole rings is 1. The van der Waals surface area contributed by atoms with Crippen LogP contribution in [0, 0.1) is 22.7 Å².